The van der Waals surface area contributed by atoms with Crippen molar-refractivity contribution >= 4 is 38.1 Å². The molecule has 1 saturated heterocycles. The number of nitrogens with zero attached hydrogens (tertiary/aromatic N) is 3. The Morgan fingerprint density at radius 2 is 1.94 bits per heavy atom. The van der Waals surface area contributed by atoms with E-state index in [9.17, 15) is 17.6 Å². The summed E-state index contributed by atoms with van der Waals surface area (Å²) in [4.78, 5) is 21.0. The van der Waals surface area contributed by atoms with Gasteiger partial charge in [0, 0.05) is 38.3 Å². The fourth-order valence-electron chi connectivity index (χ4n) is 4.33. The molecular formula is C22H23FN4O3S2. The Labute approximate surface area is 191 Å². The molecule has 5 rings (SSSR count). The molecule has 1 aromatic heterocycles. The highest BCUT2D eigenvalue weighted by Crippen LogP contribution is 2.29. The van der Waals surface area contributed by atoms with Gasteiger partial charge in [-0.2, -0.15) is 0 Å². The predicted molar refractivity (Wildman–Crippen MR) is 123 cm³/mol. The minimum atomic E-state index is -3.74. The van der Waals surface area contributed by atoms with E-state index in [1.807, 2.05) is 6.07 Å². The quantitative estimate of drug-likeness (QED) is 0.612. The van der Waals surface area contributed by atoms with E-state index in [0.717, 1.165) is 24.1 Å². The molecule has 2 aliphatic heterocycles. The van der Waals surface area contributed by atoms with Gasteiger partial charge in [-0.15, -0.1) is 11.3 Å². The molecule has 7 nitrogen and oxygen atoms in total. The largest absolute Gasteiger partial charge is 0.311 e. The zero-order valence-corrected chi connectivity index (χ0v) is 18.7. The minimum absolute atomic E-state index is 0. The first-order valence-electron chi connectivity index (χ1n) is 10.3. The molecule has 10 heteroatoms. The summed E-state index contributed by atoms with van der Waals surface area (Å²) in [6.07, 6.45) is 2.99. The number of thiazole rings is 1. The van der Waals surface area contributed by atoms with Gasteiger partial charge in [-0.3, -0.25) is 14.4 Å². The van der Waals surface area contributed by atoms with Gasteiger partial charge in [0.05, 0.1) is 10.9 Å². The van der Waals surface area contributed by atoms with E-state index in [2.05, 4.69) is 14.6 Å². The van der Waals surface area contributed by atoms with Crippen LogP contribution in [0.15, 0.2) is 58.9 Å². The maximum Gasteiger partial charge on any atom is 0.263 e. The molecule has 1 amide bonds. The molecule has 1 atom stereocenters. The van der Waals surface area contributed by atoms with Gasteiger partial charge in [0.15, 0.2) is 5.13 Å². The average molecular weight is 475 g/mol. The van der Waals surface area contributed by atoms with Gasteiger partial charge in [0.25, 0.3) is 10.0 Å². The lowest BCUT2D eigenvalue weighted by Gasteiger charge is -2.32. The highest BCUT2D eigenvalue weighted by atomic mass is 32.2. The van der Waals surface area contributed by atoms with Gasteiger partial charge in [0.1, 0.15) is 5.82 Å². The van der Waals surface area contributed by atoms with Crippen LogP contribution in [-0.2, 0) is 27.8 Å². The average Bonchev–Trinajstić information content (AvgIpc) is 3.42. The standard InChI is InChI=1S/C22H21FN4O3S2.H2/c23-17-2-1-15-7-10-26(14-16(15)13-17)20-8-11-27(21(20)28)18-3-5-19(6-4-18)32(29,30)25-22-24-9-12-31-22;/h1-6,9,12-13,20H,7-8,10-11,14H2,(H,24,25);1H/t20-;/m0./s1. The van der Waals surface area contributed by atoms with Crippen LogP contribution >= 0.6 is 11.3 Å². The van der Waals surface area contributed by atoms with Crippen molar-refractivity contribution in [3.8, 4) is 0 Å². The van der Waals surface area contributed by atoms with Crippen molar-refractivity contribution in [1.29, 1.82) is 0 Å². The normalized spacial score (nSPS) is 19.2. The number of sulfonamides is 1. The second-order valence-electron chi connectivity index (χ2n) is 7.86. The van der Waals surface area contributed by atoms with Gasteiger partial charge in [0.2, 0.25) is 5.91 Å². The van der Waals surface area contributed by atoms with Crippen molar-refractivity contribution in [2.75, 3.05) is 22.7 Å². The van der Waals surface area contributed by atoms with Crippen LogP contribution in [0.1, 0.15) is 19.0 Å². The van der Waals surface area contributed by atoms with Crippen molar-refractivity contribution in [3.63, 3.8) is 0 Å². The molecule has 1 N–H and O–H groups in total. The number of nitrogens with one attached hydrogen (secondary N) is 1. The van der Waals surface area contributed by atoms with Gasteiger partial charge in [-0.25, -0.2) is 17.8 Å². The number of benzene rings is 2. The zero-order valence-electron chi connectivity index (χ0n) is 17.1. The van der Waals surface area contributed by atoms with Crippen LogP contribution in [0.2, 0.25) is 0 Å². The Hall–Kier alpha value is -2.82. The summed E-state index contributed by atoms with van der Waals surface area (Å²) in [7, 11) is -3.74. The Morgan fingerprint density at radius 3 is 2.69 bits per heavy atom. The summed E-state index contributed by atoms with van der Waals surface area (Å²) >= 11 is 1.20. The first kappa shape index (κ1) is 21.0. The molecule has 0 radical (unpaired) electrons. The minimum Gasteiger partial charge on any atom is -0.311 e. The van der Waals surface area contributed by atoms with Crippen LogP contribution in [0, 0.1) is 5.82 Å². The van der Waals surface area contributed by atoms with Crippen molar-refractivity contribution in [3.05, 3.63) is 71.0 Å². The van der Waals surface area contributed by atoms with Crippen LogP contribution in [0.5, 0.6) is 0 Å². The van der Waals surface area contributed by atoms with E-state index in [4.69, 9.17) is 0 Å². The third kappa shape index (κ3) is 4.01. The smallest absolute Gasteiger partial charge is 0.263 e. The molecule has 0 bridgehead atoms. The number of amides is 1. The number of hydrogen-bond acceptors (Lipinski definition) is 6. The lowest BCUT2D eigenvalue weighted by molar-refractivity contribution is -0.122. The van der Waals surface area contributed by atoms with Crippen LogP contribution in [-0.4, -0.2) is 43.3 Å². The third-order valence-corrected chi connectivity index (χ3v) is 8.11. The number of carbonyl (C=O) groups is 1. The molecule has 32 heavy (non-hydrogen) atoms. The number of anilines is 2. The molecule has 3 heterocycles. The maximum absolute atomic E-state index is 13.6. The molecule has 1 fully saturated rings. The highest BCUT2D eigenvalue weighted by Gasteiger charge is 2.37. The van der Waals surface area contributed by atoms with Gasteiger partial charge < -0.3 is 4.90 Å². The van der Waals surface area contributed by atoms with E-state index in [0.29, 0.717) is 30.3 Å². The number of rotatable bonds is 5. The van der Waals surface area contributed by atoms with E-state index >= 15 is 0 Å². The molecule has 168 valence electrons. The van der Waals surface area contributed by atoms with Crippen LogP contribution in [0.25, 0.3) is 0 Å². The summed E-state index contributed by atoms with van der Waals surface area (Å²) < 4.78 is 41.1. The van der Waals surface area contributed by atoms with Gasteiger partial charge >= 0.3 is 0 Å². The first-order chi connectivity index (χ1) is 15.4. The summed E-state index contributed by atoms with van der Waals surface area (Å²) in [5, 5.41) is 1.99. The molecule has 2 aromatic carbocycles. The monoisotopic (exact) mass is 474 g/mol. The second-order valence-corrected chi connectivity index (χ2v) is 10.4. The van der Waals surface area contributed by atoms with Crippen molar-refractivity contribution in [2.24, 2.45) is 0 Å². The summed E-state index contributed by atoms with van der Waals surface area (Å²) in [6.45, 7) is 1.86. The van der Waals surface area contributed by atoms with Crippen LogP contribution < -0.4 is 9.62 Å². The van der Waals surface area contributed by atoms with Crippen molar-refractivity contribution in [1.82, 2.24) is 9.88 Å². The molecule has 3 aromatic rings. The molecule has 2 aliphatic rings. The number of carbonyl (C=O) groups excluding carboxylic acids is 1. The zero-order chi connectivity index (χ0) is 22.3. The van der Waals surface area contributed by atoms with E-state index in [1.165, 1.54) is 35.7 Å². The summed E-state index contributed by atoms with van der Waals surface area (Å²) in [5.41, 5.74) is 2.73. The fraction of sp³-hybridized carbons (Fsp3) is 0.273. The molecule has 0 unspecified atom stereocenters. The van der Waals surface area contributed by atoms with Crippen molar-refractivity contribution < 1.29 is 19.0 Å². The first-order valence-corrected chi connectivity index (χ1v) is 12.6. The Kier molecular flexibility index (Phi) is 5.44. The van der Waals surface area contributed by atoms with Gasteiger partial charge in [-0.1, -0.05) is 6.07 Å². The van der Waals surface area contributed by atoms with Crippen molar-refractivity contribution in [2.45, 2.75) is 30.3 Å². The predicted octanol–water partition coefficient (Wildman–Crippen LogP) is 3.49. The Bertz CT molecular complexity index is 1250. The highest BCUT2D eigenvalue weighted by molar-refractivity contribution is 7.93. The number of halogens is 1. The number of fused-ring (bicyclic) bond motifs is 1. The van der Waals surface area contributed by atoms with E-state index < -0.39 is 10.0 Å². The lowest BCUT2D eigenvalue weighted by atomic mass is 9.98. The Balaban J connectivity index is 0.00000259. The van der Waals surface area contributed by atoms with Crippen LogP contribution in [0.4, 0.5) is 15.2 Å². The van der Waals surface area contributed by atoms with Gasteiger partial charge in [-0.05, 0) is 60.4 Å². The summed E-state index contributed by atoms with van der Waals surface area (Å²) in [6, 6.07) is 10.9. The lowest BCUT2D eigenvalue weighted by Crippen LogP contribution is -2.44. The number of hydrogen-bond donors (Lipinski definition) is 1. The topological polar surface area (TPSA) is 82.6 Å². The second kappa shape index (κ2) is 8.27. The van der Waals surface area contributed by atoms with E-state index in [-0.39, 0.29) is 24.1 Å². The number of aromatic nitrogens is 1. The molecular weight excluding hydrogens is 451 g/mol. The SMILES string of the molecule is O=C1[C@@H](N2CCc3ccc(F)cc3C2)CCN1c1ccc(S(=O)(=O)Nc2nccs2)cc1.[HH]. The fourth-order valence-corrected chi connectivity index (χ4v) is 6.12. The Morgan fingerprint density at radius 1 is 1.12 bits per heavy atom. The molecule has 0 saturated carbocycles. The summed E-state index contributed by atoms with van der Waals surface area (Å²) in [5.74, 6) is -0.272. The van der Waals surface area contributed by atoms with Crippen LogP contribution in [0.3, 0.4) is 0 Å². The molecule has 0 spiro atoms. The molecule has 0 aliphatic carbocycles. The maximum atomic E-state index is 13.6. The van der Waals surface area contributed by atoms with E-state index in [1.54, 1.807) is 28.5 Å². The third-order valence-electron chi connectivity index (χ3n) is 5.94.